The molecular formula is C28H27F4N3O2S. The minimum atomic E-state index is -4.44. The molecule has 1 N–H and O–H groups in total. The minimum absolute atomic E-state index is 0.268. The molecule has 0 aliphatic rings. The predicted octanol–water partition coefficient (Wildman–Crippen LogP) is 7.84. The van der Waals surface area contributed by atoms with Crippen LogP contribution in [0.5, 0.6) is 0 Å². The lowest BCUT2D eigenvalue weighted by Gasteiger charge is -2.40. The third-order valence-electron chi connectivity index (χ3n) is 6.26. The topological polar surface area (TPSA) is 66.3 Å². The Morgan fingerprint density at radius 3 is 2.34 bits per heavy atom. The molecule has 4 rings (SSSR count). The number of pyridine rings is 1. The van der Waals surface area contributed by atoms with Crippen LogP contribution in [0.1, 0.15) is 43.3 Å². The van der Waals surface area contributed by atoms with Gasteiger partial charge in [0.25, 0.3) is 0 Å². The lowest BCUT2D eigenvalue weighted by molar-refractivity contribution is -0.137. The van der Waals surface area contributed by atoms with E-state index in [9.17, 15) is 27.5 Å². The summed E-state index contributed by atoms with van der Waals surface area (Å²) in [5.74, 6) is -0.555. The molecule has 4 aromatic rings. The Bertz CT molecular complexity index is 1430. The van der Waals surface area contributed by atoms with E-state index in [-0.39, 0.29) is 6.42 Å². The number of thiazole rings is 1. The summed E-state index contributed by atoms with van der Waals surface area (Å²) in [4.78, 5) is 22.7. The SMILES string of the molecule is CC(C)(C)N(C(=O)O)C(CCc1ncc(-c2ccc3cnc(F)cc3c2)s1)Cc1ccc(C(F)(F)F)cc1. The number of aromatic nitrogens is 2. The second-order valence-corrected chi connectivity index (χ2v) is 11.2. The van der Waals surface area contributed by atoms with E-state index in [2.05, 4.69) is 9.97 Å². The smallest absolute Gasteiger partial charge is 0.416 e. The maximum atomic E-state index is 13.6. The first-order valence-electron chi connectivity index (χ1n) is 12.0. The van der Waals surface area contributed by atoms with Crippen molar-refractivity contribution in [2.75, 3.05) is 0 Å². The average Bonchev–Trinajstić information content (AvgIpc) is 3.30. The lowest BCUT2D eigenvalue weighted by Crippen LogP contribution is -2.52. The van der Waals surface area contributed by atoms with Crippen molar-refractivity contribution >= 4 is 28.2 Å². The summed E-state index contributed by atoms with van der Waals surface area (Å²) in [7, 11) is 0. The number of halogens is 4. The van der Waals surface area contributed by atoms with Crippen LogP contribution in [0.2, 0.25) is 0 Å². The zero-order chi connectivity index (χ0) is 27.7. The van der Waals surface area contributed by atoms with E-state index in [4.69, 9.17) is 0 Å². The monoisotopic (exact) mass is 545 g/mol. The highest BCUT2D eigenvalue weighted by atomic mass is 32.1. The number of benzene rings is 2. The van der Waals surface area contributed by atoms with Crippen molar-refractivity contribution in [2.45, 2.75) is 57.8 Å². The number of carboxylic acid groups (broad SMARTS) is 1. The summed E-state index contributed by atoms with van der Waals surface area (Å²) >= 11 is 1.47. The molecule has 0 aliphatic heterocycles. The molecule has 200 valence electrons. The van der Waals surface area contributed by atoms with Gasteiger partial charge in [0.05, 0.1) is 15.4 Å². The van der Waals surface area contributed by atoms with Crippen LogP contribution in [0.15, 0.2) is 60.9 Å². The normalized spacial score (nSPS) is 13.0. The molecular weight excluding hydrogens is 518 g/mol. The fourth-order valence-electron chi connectivity index (χ4n) is 4.53. The molecule has 0 aliphatic carbocycles. The zero-order valence-electron chi connectivity index (χ0n) is 21.1. The average molecular weight is 546 g/mol. The largest absolute Gasteiger partial charge is 0.465 e. The molecule has 2 heterocycles. The summed E-state index contributed by atoms with van der Waals surface area (Å²) in [6.45, 7) is 5.38. The fourth-order valence-corrected chi connectivity index (χ4v) is 5.46. The lowest BCUT2D eigenvalue weighted by atomic mass is 9.95. The molecule has 0 radical (unpaired) electrons. The maximum Gasteiger partial charge on any atom is 0.416 e. The van der Waals surface area contributed by atoms with Gasteiger partial charge in [0, 0.05) is 41.8 Å². The second kappa shape index (κ2) is 10.7. The van der Waals surface area contributed by atoms with Gasteiger partial charge in [0.15, 0.2) is 0 Å². The molecule has 0 saturated carbocycles. The Morgan fingerprint density at radius 1 is 1.00 bits per heavy atom. The first kappa shape index (κ1) is 27.5. The van der Waals surface area contributed by atoms with E-state index in [0.29, 0.717) is 18.4 Å². The third-order valence-corrected chi connectivity index (χ3v) is 7.37. The zero-order valence-corrected chi connectivity index (χ0v) is 21.9. The van der Waals surface area contributed by atoms with Crippen LogP contribution >= 0.6 is 11.3 Å². The van der Waals surface area contributed by atoms with Gasteiger partial charge in [-0.1, -0.05) is 24.3 Å². The summed E-state index contributed by atoms with van der Waals surface area (Å²) in [6.07, 6.45) is -1.12. The molecule has 2 aromatic carbocycles. The van der Waals surface area contributed by atoms with Crippen molar-refractivity contribution < 1.29 is 27.5 Å². The molecule has 0 fully saturated rings. The van der Waals surface area contributed by atoms with E-state index < -0.39 is 35.4 Å². The molecule has 1 amide bonds. The summed E-state index contributed by atoms with van der Waals surface area (Å²) in [6, 6.07) is 11.4. The van der Waals surface area contributed by atoms with E-state index in [1.54, 1.807) is 27.0 Å². The molecule has 0 bridgehead atoms. The van der Waals surface area contributed by atoms with E-state index in [1.807, 2.05) is 18.2 Å². The first-order chi connectivity index (χ1) is 17.8. The quantitative estimate of drug-likeness (QED) is 0.190. The van der Waals surface area contributed by atoms with Gasteiger partial charge in [-0.05, 0) is 68.3 Å². The number of hydrogen-bond acceptors (Lipinski definition) is 4. The highest BCUT2D eigenvalue weighted by molar-refractivity contribution is 7.15. The van der Waals surface area contributed by atoms with Gasteiger partial charge >= 0.3 is 12.3 Å². The van der Waals surface area contributed by atoms with Crippen LogP contribution in [-0.2, 0) is 19.0 Å². The minimum Gasteiger partial charge on any atom is -0.465 e. The number of aryl methyl sites for hydroxylation is 1. The van der Waals surface area contributed by atoms with Gasteiger partial charge < -0.3 is 10.0 Å². The van der Waals surface area contributed by atoms with Crippen molar-refractivity contribution in [1.29, 1.82) is 0 Å². The number of rotatable bonds is 7. The van der Waals surface area contributed by atoms with Crippen LogP contribution in [0, 0.1) is 5.95 Å². The second-order valence-electron chi connectivity index (χ2n) is 10.1. The van der Waals surface area contributed by atoms with Crippen molar-refractivity contribution in [1.82, 2.24) is 14.9 Å². The Kier molecular flexibility index (Phi) is 7.73. The Labute approximate surface area is 221 Å². The van der Waals surface area contributed by atoms with Crippen LogP contribution in [-0.4, -0.2) is 37.6 Å². The highest BCUT2D eigenvalue weighted by Gasteiger charge is 2.34. The van der Waals surface area contributed by atoms with Gasteiger partial charge in [-0.25, -0.2) is 14.8 Å². The Balaban J connectivity index is 1.55. The molecule has 38 heavy (non-hydrogen) atoms. The van der Waals surface area contributed by atoms with Crippen molar-refractivity contribution in [2.24, 2.45) is 0 Å². The molecule has 5 nitrogen and oxygen atoms in total. The number of amides is 1. The van der Waals surface area contributed by atoms with Gasteiger partial charge in [-0.3, -0.25) is 0 Å². The van der Waals surface area contributed by atoms with Gasteiger partial charge in [-0.15, -0.1) is 11.3 Å². The van der Waals surface area contributed by atoms with E-state index >= 15 is 0 Å². The van der Waals surface area contributed by atoms with Crippen molar-refractivity contribution in [3.8, 4) is 10.4 Å². The van der Waals surface area contributed by atoms with Crippen molar-refractivity contribution in [3.05, 3.63) is 83.0 Å². The number of alkyl halides is 3. The standard InChI is InChI=1S/C28H27F4N3O2S/c1-27(2,3)35(26(36)37)22(12-17-4-8-21(9-5-17)28(30,31)32)10-11-25-34-16-23(38-25)18-6-7-19-15-33-24(29)14-20(19)13-18/h4-9,13-16,22H,10-12H2,1-3H3,(H,36,37). The van der Waals surface area contributed by atoms with Crippen LogP contribution in [0.3, 0.4) is 0 Å². The fraction of sp³-hybridized carbons (Fsp3) is 0.321. The van der Waals surface area contributed by atoms with Gasteiger partial charge in [0.1, 0.15) is 0 Å². The van der Waals surface area contributed by atoms with Gasteiger partial charge in [-0.2, -0.15) is 17.6 Å². The Hall–Kier alpha value is -3.53. The van der Waals surface area contributed by atoms with E-state index in [1.165, 1.54) is 40.6 Å². The van der Waals surface area contributed by atoms with Crippen LogP contribution < -0.4 is 0 Å². The molecule has 1 atom stereocenters. The summed E-state index contributed by atoms with van der Waals surface area (Å²) in [5, 5.41) is 12.3. The summed E-state index contributed by atoms with van der Waals surface area (Å²) in [5.41, 5.74) is 0.0454. The molecule has 1 unspecified atom stereocenters. The molecule has 2 aromatic heterocycles. The number of fused-ring (bicyclic) bond motifs is 1. The van der Waals surface area contributed by atoms with Crippen LogP contribution in [0.4, 0.5) is 22.4 Å². The molecule has 0 spiro atoms. The maximum absolute atomic E-state index is 13.6. The number of nitrogens with zero attached hydrogens (tertiary/aromatic N) is 3. The van der Waals surface area contributed by atoms with E-state index in [0.717, 1.165) is 38.4 Å². The summed E-state index contributed by atoms with van der Waals surface area (Å²) < 4.78 is 52.5. The highest BCUT2D eigenvalue weighted by Crippen LogP contribution is 2.32. The number of hydrogen-bond donors (Lipinski definition) is 1. The molecule has 10 heteroatoms. The van der Waals surface area contributed by atoms with Crippen LogP contribution in [0.25, 0.3) is 21.2 Å². The molecule has 0 saturated heterocycles. The third kappa shape index (κ3) is 6.48. The predicted molar refractivity (Wildman–Crippen MR) is 140 cm³/mol. The number of carbonyl (C=O) groups is 1. The first-order valence-corrected chi connectivity index (χ1v) is 12.8. The Morgan fingerprint density at radius 2 is 1.71 bits per heavy atom. The van der Waals surface area contributed by atoms with Crippen molar-refractivity contribution in [3.63, 3.8) is 0 Å². The van der Waals surface area contributed by atoms with Gasteiger partial charge in [0.2, 0.25) is 5.95 Å².